The Hall–Kier alpha value is -2.35. The zero-order valence-electron chi connectivity index (χ0n) is 12.0. The van der Waals surface area contributed by atoms with Crippen LogP contribution in [-0.4, -0.2) is 28.9 Å². The van der Waals surface area contributed by atoms with E-state index in [1.165, 1.54) is 0 Å². The second kappa shape index (κ2) is 6.40. The molecule has 0 saturated heterocycles. The number of nitriles is 1. The van der Waals surface area contributed by atoms with E-state index in [9.17, 15) is 9.59 Å². The van der Waals surface area contributed by atoms with Gasteiger partial charge in [-0.15, -0.1) is 0 Å². The minimum absolute atomic E-state index is 0.0129. The number of rotatable bonds is 4. The Labute approximate surface area is 123 Å². The standard InChI is InChI=1S/C16H18N2O3/c1-18(10-12-4-2-3-11(7-12)9-17)15(19)13-5-6-14(8-13)16(20)21/h2-4,7,13-14H,5-6,8,10H2,1H3,(H,20,21)/t13-,14+/m1/s1. The van der Waals surface area contributed by atoms with Gasteiger partial charge in [0.15, 0.2) is 0 Å². The van der Waals surface area contributed by atoms with E-state index in [4.69, 9.17) is 10.4 Å². The van der Waals surface area contributed by atoms with Gasteiger partial charge in [-0.1, -0.05) is 12.1 Å². The molecule has 1 aromatic carbocycles. The molecular formula is C16H18N2O3. The fourth-order valence-corrected chi connectivity index (χ4v) is 2.83. The summed E-state index contributed by atoms with van der Waals surface area (Å²) >= 11 is 0. The van der Waals surface area contributed by atoms with Crippen molar-refractivity contribution in [2.45, 2.75) is 25.8 Å². The third-order valence-corrected chi connectivity index (χ3v) is 3.98. The number of hydrogen-bond donors (Lipinski definition) is 1. The van der Waals surface area contributed by atoms with E-state index >= 15 is 0 Å². The molecule has 2 rings (SSSR count). The van der Waals surface area contributed by atoms with Gasteiger partial charge in [-0.3, -0.25) is 9.59 Å². The van der Waals surface area contributed by atoms with Crippen LogP contribution in [0, 0.1) is 23.2 Å². The molecule has 21 heavy (non-hydrogen) atoms. The summed E-state index contributed by atoms with van der Waals surface area (Å²) in [5.41, 5.74) is 1.47. The van der Waals surface area contributed by atoms with Gasteiger partial charge in [0.2, 0.25) is 5.91 Å². The largest absolute Gasteiger partial charge is 0.481 e. The summed E-state index contributed by atoms with van der Waals surface area (Å²) in [6.45, 7) is 0.433. The molecule has 0 radical (unpaired) electrons. The molecule has 0 aliphatic heterocycles. The highest BCUT2D eigenvalue weighted by Crippen LogP contribution is 2.32. The Morgan fingerprint density at radius 2 is 2.10 bits per heavy atom. The van der Waals surface area contributed by atoms with Crippen LogP contribution in [0.15, 0.2) is 24.3 Å². The number of carboxylic acid groups (broad SMARTS) is 1. The van der Waals surface area contributed by atoms with Gasteiger partial charge < -0.3 is 10.0 Å². The molecule has 1 aliphatic carbocycles. The molecule has 1 aromatic rings. The third-order valence-electron chi connectivity index (χ3n) is 3.98. The van der Waals surface area contributed by atoms with Crippen molar-refractivity contribution in [3.8, 4) is 6.07 Å². The molecule has 0 bridgehead atoms. The van der Waals surface area contributed by atoms with Gasteiger partial charge in [-0.25, -0.2) is 0 Å². The SMILES string of the molecule is CN(Cc1cccc(C#N)c1)C(=O)[C@@H]1CC[C@H](C(=O)O)C1. The first-order chi connectivity index (χ1) is 10.0. The molecule has 2 atom stereocenters. The molecule has 1 fully saturated rings. The first kappa shape index (κ1) is 15.0. The van der Waals surface area contributed by atoms with Gasteiger partial charge in [0.05, 0.1) is 17.6 Å². The lowest BCUT2D eigenvalue weighted by molar-refractivity contribution is -0.141. The molecule has 5 heteroatoms. The Morgan fingerprint density at radius 1 is 1.38 bits per heavy atom. The first-order valence-electron chi connectivity index (χ1n) is 6.98. The lowest BCUT2D eigenvalue weighted by Crippen LogP contribution is -2.31. The molecule has 1 saturated carbocycles. The van der Waals surface area contributed by atoms with E-state index in [0.29, 0.717) is 31.4 Å². The molecule has 0 heterocycles. The van der Waals surface area contributed by atoms with Crippen molar-refractivity contribution in [1.82, 2.24) is 4.90 Å². The van der Waals surface area contributed by atoms with Crippen LogP contribution in [0.3, 0.4) is 0 Å². The van der Waals surface area contributed by atoms with Crippen molar-refractivity contribution >= 4 is 11.9 Å². The predicted octanol–water partition coefficient (Wildman–Crippen LogP) is 2.02. The average molecular weight is 286 g/mol. The second-order valence-electron chi connectivity index (χ2n) is 5.55. The molecule has 0 spiro atoms. The summed E-state index contributed by atoms with van der Waals surface area (Å²) in [5.74, 6) is -1.42. The van der Waals surface area contributed by atoms with Crippen molar-refractivity contribution in [2.24, 2.45) is 11.8 Å². The average Bonchev–Trinajstić information content (AvgIpc) is 2.96. The van der Waals surface area contributed by atoms with Crippen molar-refractivity contribution in [2.75, 3.05) is 7.05 Å². The Balaban J connectivity index is 1.97. The lowest BCUT2D eigenvalue weighted by Gasteiger charge is -2.21. The molecule has 0 unspecified atom stereocenters. The van der Waals surface area contributed by atoms with Gasteiger partial charge in [0.1, 0.15) is 0 Å². The lowest BCUT2D eigenvalue weighted by atomic mass is 10.0. The Kier molecular flexibility index (Phi) is 4.59. The molecule has 110 valence electrons. The van der Waals surface area contributed by atoms with E-state index < -0.39 is 11.9 Å². The topological polar surface area (TPSA) is 81.4 Å². The van der Waals surface area contributed by atoms with Gasteiger partial charge in [0.25, 0.3) is 0 Å². The Morgan fingerprint density at radius 3 is 2.71 bits per heavy atom. The molecule has 5 nitrogen and oxygen atoms in total. The van der Waals surface area contributed by atoms with E-state index in [-0.39, 0.29) is 11.8 Å². The smallest absolute Gasteiger partial charge is 0.306 e. The van der Waals surface area contributed by atoms with Crippen molar-refractivity contribution < 1.29 is 14.7 Å². The van der Waals surface area contributed by atoms with Crippen LogP contribution < -0.4 is 0 Å². The number of carboxylic acids is 1. The summed E-state index contributed by atoms with van der Waals surface area (Å²) in [4.78, 5) is 24.9. The van der Waals surface area contributed by atoms with Crippen LogP contribution in [0.25, 0.3) is 0 Å². The number of carbonyl (C=O) groups is 2. The minimum atomic E-state index is -0.810. The van der Waals surface area contributed by atoms with Gasteiger partial charge in [-0.05, 0) is 37.0 Å². The van der Waals surface area contributed by atoms with E-state index in [1.54, 1.807) is 30.1 Å². The van der Waals surface area contributed by atoms with Gasteiger partial charge >= 0.3 is 5.97 Å². The quantitative estimate of drug-likeness (QED) is 0.918. The van der Waals surface area contributed by atoms with Crippen molar-refractivity contribution in [3.63, 3.8) is 0 Å². The monoisotopic (exact) mass is 286 g/mol. The highest BCUT2D eigenvalue weighted by atomic mass is 16.4. The third kappa shape index (κ3) is 3.60. The number of benzene rings is 1. The van der Waals surface area contributed by atoms with E-state index in [1.807, 2.05) is 6.07 Å². The zero-order valence-corrected chi connectivity index (χ0v) is 12.0. The summed E-state index contributed by atoms with van der Waals surface area (Å²) in [6.07, 6.45) is 1.64. The number of amides is 1. The van der Waals surface area contributed by atoms with Crippen molar-refractivity contribution in [3.05, 3.63) is 35.4 Å². The first-order valence-corrected chi connectivity index (χ1v) is 6.98. The van der Waals surface area contributed by atoms with Crippen LogP contribution in [-0.2, 0) is 16.1 Å². The maximum Gasteiger partial charge on any atom is 0.306 e. The summed E-state index contributed by atoms with van der Waals surface area (Å²) in [5, 5.41) is 17.9. The fraction of sp³-hybridized carbons (Fsp3) is 0.438. The number of hydrogen-bond acceptors (Lipinski definition) is 3. The van der Waals surface area contributed by atoms with Crippen LogP contribution in [0.2, 0.25) is 0 Å². The maximum absolute atomic E-state index is 12.3. The number of carbonyl (C=O) groups excluding carboxylic acids is 1. The zero-order chi connectivity index (χ0) is 15.4. The molecular weight excluding hydrogens is 268 g/mol. The van der Waals surface area contributed by atoms with Crippen molar-refractivity contribution in [1.29, 1.82) is 5.26 Å². The maximum atomic E-state index is 12.3. The number of aliphatic carboxylic acids is 1. The second-order valence-corrected chi connectivity index (χ2v) is 5.55. The molecule has 0 aromatic heterocycles. The minimum Gasteiger partial charge on any atom is -0.481 e. The van der Waals surface area contributed by atoms with Crippen LogP contribution in [0.5, 0.6) is 0 Å². The van der Waals surface area contributed by atoms with Crippen LogP contribution in [0.4, 0.5) is 0 Å². The van der Waals surface area contributed by atoms with Gasteiger partial charge in [0, 0.05) is 19.5 Å². The van der Waals surface area contributed by atoms with E-state index in [0.717, 1.165) is 5.56 Å². The summed E-state index contributed by atoms with van der Waals surface area (Å²) < 4.78 is 0. The van der Waals surface area contributed by atoms with E-state index in [2.05, 4.69) is 6.07 Å². The molecule has 1 aliphatic rings. The van der Waals surface area contributed by atoms with Gasteiger partial charge in [-0.2, -0.15) is 5.26 Å². The normalized spacial score (nSPS) is 20.8. The summed E-state index contributed by atoms with van der Waals surface area (Å²) in [6, 6.07) is 9.23. The molecule has 1 amide bonds. The highest BCUT2D eigenvalue weighted by molar-refractivity contribution is 5.80. The van der Waals surface area contributed by atoms with Crippen LogP contribution >= 0.6 is 0 Å². The molecule has 1 N–H and O–H groups in total. The number of nitrogens with zero attached hydrogens (tertiary/aromatic N) is 2. The highest BCUT2D eigenvalue weighted by Gasteiger charge is 2.35. The van der Waals surface area contributed by atoms with Crippen LogP contribution in [0.1, 0.15) is 30.4 Å². The summed E-state index contributed by atoms with van der Waals surface area (Å²) in [7, 11) is 1.72. The predicted molar refractivity (Wildman–Crippen MR) is 76.1 cm³/mol. The fourth-order valence-electron chi connectivity index (χ4n) is 2.83. The Bertz CT molecular complexity index is 591.